The molecule has 0 aliphatic carbocycles. The molecule has 1 unspecified atom stereocenters. The van der Waals surface area contributed by atoms with Crippen molar-refractivity contribution in [2.45, 2.75) is 30.3 Å². The van der Waals surface area contributed by atoms with Crippen molar-refractivity contribution in [2.24, 2.45) is 4.99 Å². The highest BCUT2D eigenvalue weighted by molar-refractivity contribution is 9.10. The Morgan fingerprint density at radius 1 is 1.29 bits per heavy atom. The molecular formula is C21H19BrClN3O3S2. The Bertz CT molecular complexity index is 1330. The minimum atomic E-state index is -3.82. The van der Waals surface area contributed by atoms with Crippen LogP contribution in [0.3, 0.4) is 0 Å². The number of halogens is 2. The van der Waals surface area contributed by atoms with Crippen LogP contribution in [0.15, 0.2) is 69.5 Å². The standard InChI is InChI=1S/C21H19BrClN3O3S2/c1-2-11-25-17-10-5-14(22)13-19(17)30-21(25)24-20(27)18-4-3-12-26(18)31(28,29)16-8-6-15(23)7-9-16/h2,5-10,13,18H,1,3-4,11-12H2. The van der Waals surface area contributed by atoms with E-state index in [1.165, 1.54) is 39.9 Å². The summed E-state index contributed by atoms with van der Waals surface area (Å²) in [5, 5.41) is 0.450. The van der Waals surface area contributed by atoms with E-state index in [4.69, 9.17) is 11.6 Å². The molecule has 1 aromatic heterocycles. The summed E-state index contributed by atoms with van der Waals surface area (Å²) in [6.07, 6.45) is 2.78. The van der Waals surface area contributed by atoms with Crippen LogP contribution < -0.4 is 4.80 Å². The lowest BCUT2D eigenvalue weighted by Crippen LogP contribution is -2.40. The molecule has 2 aromatic carbocycles. The number of thiazole rings is 1. The van der Waals surface area contributed by atoms with Crippen LogP contribution >= 0.6 is 38.9 Å². The zero-order valence-corrected chi connectivity index (χ0v) is 20.3. The zero-order valence-electron chi connectivity index (χ0n) is 16.4. The van der Waals surface area contributed by atoms with E-state index in [1.807, 2.05) is 22.8 Å². The van der Waals surface area contributed by atoms with Gasteiger partial charge in [0.05, 0.1) is 15.1 Å². The third-order valence-corrected chi connectivity index (χ3v) is 8.78. The molecule has 31 heavy (non-hydrogen) atoms. The Hall–Kier alpha value is -1.78. The third-order valence-electron chi connectivity index (χ3n) is 5.07. The van der Waals surface area contributed by atoms with Gasteiger partial charge in [-0.25, -0.2) is 8.42 Å². The lowest BCUT2D eigenvalue weighted by molar-refractivity contribution is -0.121. The number of nitrogens with zero attached hydrogens (tertiary/aromatic N) is 3. The maximum Gasteiger partial charge on any atom is 0.266 e. The lowest BCUT2D eigenvalue weighted by Gasteiger charge is -2.21. The smallest absolute Gasteiger partial charge is 0.266 e. The Balaban J connectivity index is 1.72. The van der Waals surface area contributed by atoms with Crippen molar-refractivity contribution in [3.63, 3.8) is 0 Å². The molecule has 0 N–H and O–H groups in total. The van der Waals surface area contributed by atoms with Crippen LogP contribution in [0.5, 0.6) is 0 Å². The van der Waals surface area contributed by atoms with E-state index in [9.17, 15) is 13.2 Å². The highest BCUT2D eigenvalue weighted by Gasteiger charge is 2.39. The van der Waals surface area contributed by atoms with E-state index >= 15 is 0 Å². The average molecular weight is 541 g/mol. The fraction of sp³-hybridized carbons (Fsp3) is 0.238. The number of aromatic nitrogens is 1. The summed E-state index contributed by atoms with van der Waals surface area (Å²) in [6, 6.07) is 11.0. The van der Waals surface area contributed by atoms with Gasteiger partial charge in [-0.05, 0) is 55.3 Å². The molecule has 0 radical (unpaired) electrons. The molecule has 1 aliphatic rings. The summed E-state index contributed by atoms with van der Waals surface area (Å²) in [5.41, 5.74) is 0.941. The molecule has 3 aromatic rings. The predicted octanol–water partition coefficient (Wildman–Crippen LogP) is 4.59. The summed E-state index contributed by atoms with van der Waals surface area (Å²) in [4.78, 5) is 18.1. The number of sulfonamides is 1. The first-order chi connectivity index (χ1) is 14.8. The molecule has 4 rings (SSSR count). The molecule has 2 heterocycles. The molecule has 0 spiro atoms. The van der Waals surface area contributed by atoms with Crippen LogP contribution in [0, 0.1) is 0 Å². The third kappa shape index (κ3) is 4.42. The largest absolute Gasteiger partial charge is 0.313 e. The van der Waals surface area contributed by atoms with Crippen molar-refractivity contribution in [1.82, 2.24) is 8.87 Å². The SMILES string of the molecule is C=CCn1c(=NC(=O)C2CCCN2S(=O)(=O)c2ccc(Cl)cc2)sc2cc(Br)ccc21. The summed E-state index contributed by atoms with van der Waals surface area (Å²) >= 11 is 10.7. The maximum absolute atomic E-state index is 13.1. The molecule has 1 fully saturated rings. The monoisotopic (exact) mass is 539 g/mol. The summed E-state index contributed by atoms with van der Waals surface area (Å²) in [5.74, 6) is -0.460. The molecule has 0 saturated carbocycles. The van der Waals surface area contributed by atoms with Crippen LogP contribution in [0.4, 0.5) is 0 Å². The first-order valence-electron chi connectivity index (χ1n) is 9.57. The Morgan fingerprint density at radius 3 is 2.74 bits per heavy atom. The van der Waals surface area contributed by atoms with Gasteiger partial charge in [0.15, 0.2) is 4.80 Å². The van der Waals surface area contributed by atoms with Gasteiger partial charge in [0, 0.05) is 22.6 Å². The number of hydrogen-bond donors (Lipinski definition) is 0. The van der Waals surface area contributed by atoms with Gasteiger partial charge in [0.1, 0.15) is 6.04 Å². The number of fused-ring (bicyclic) bond motifs is 1. The second-order valence-corrected chi connectivity index (χ2v) is 11.3. The van der Waals surface area contributed by atoms with Gasteiger partial charge in [0.25, 0.3) is 5.91 Å². The van der Waals surface area contributed by atoms with Gasteiger partial charge >= 0.3 is 0 Å². The van der Waals surface area contributed by atoms with Crippen molar-refractivity contribution in [1.29, 1.82) is 0 Å². The minimum Gasteiger partial charge on any atom is -0.313 e. The molecule has 10 heteroatoms. The van der Waals surface area contributed by atoms with Crippen molar-refractivity contribution in [3.8, 4) is 0 Å². The fourth-order valence-corrected chi connectivity index (χ4v) is 7.00. The van der Waals surface area contributed by atoms with E-state index < -0.39 is 22.0 Å². The predicted molar refractivity (Wildman–Crippen MR) is 127 cm³/mol. The quantitative estimate of drug-likeness (QED) is 0.445. The van der Waals surface area contributed by atoms with Gasteiger partial charge in [-0.2, -0.15) is 9.30 Å². The maximum atomic E-state index is 13.1. The molecule has 1 amide bonds. The zero-order chi connectivity index (χ0) is 22.2. The highest BCUT2D eigenvalue weighted by Crippen LogP contribution is 2.28. The van der Waals surface area contributed by atoms with Crippen LogP contribution in [0.2, 0.25) is 5.02 Å². The molecular weight excluding hydrogens is 522 g/mol. The van der Waals surface area contributed by atoms with Crippen LogP contribution in [0.1, 0.15) is 12.8 Å². The van der Waals surface area contributed by atoms with Crippen molar-refractivity contribution < 1.29 is 13.2 Å². The number of carbonyl (C=O) groups excluding carboxylic acids is 1. The number of benzene rings is 2. The second-order valence-electron chi connectivity index (χ2n) is 7.07. The Kier molecular flexibility index (Phi) is 6.50. The highest BCUT2D eigenvalue weighted by atomic mass is 79.9. The van der Waals surface area contributed by atoms with Crippen molar-refractivity contribution in [3.05, 3.63) is 69.4 Å². The summed E-state index contributed by atoms with van der Waals surface area (Å²) in [7, 11) is -3.82. The first kappa shape index (κ1) is 22.4. The average Bonchev–Trinajstić information content (AvgIpc) is 3.34. The van der Waals surface area contributed by atoms with E-state index in [2.05, 4.69) is 27.5 Å². The van der Waals surface area contributed by atoms with Crippen LogP contribution in [-0.2, 0) is 21.4 Å². The van der Waals surface area contributed by atoms with E-state index in [0.717, 1.165) is 14.7 Å². The summed E-state index contributed by atoms with van der Waals surface area (Å²) < 4.78 is 31.3. The minimum absolute atomic E-state index is 0.116. The molecule has 1 atom stereocenters. The number of hydrogen-bond acceptors (Lipinski definition) is 4. The van der Waals surface area contributed by atoms with E-state index in [0.29, 0.717) is 29.2 Å². The number of amides is 1. The van der Waals surface area contributed by atoms with Gasteiger partial charge in [-0.1, -0.05) is 44.9 Å². The first-order valence-corrected chi connectivity index (χ1v) is 13.0. The normalized spacial score (nSPS) is 18.0. The molecule has 1 saturated heterocycles. The van der Waals surface area contributed by atoms with Crippen LogP contribution in [0.25, 0.3) is 10.2 Å². The van der Waals surface area contributed by atoms with Gasteiger partial charge in [-0.3, -0.25) is 4.79 Å². The number of allylic oxidation sites excluding steroid dienone is 1. The van der Waals surface area contributed by atoms with E-state index in [1.54, 1.807) is 6.08 Å². The molecule has 1 aliphatic heterocycles. The topological polar surface area (TPSA) is 71.7 Å². The van der Waals surface area contributed by atoms with Crippen molar-refractivity contribution >= 4 is 65.0 Å². The number of rotatable bonds is 5. The Labute approximate surface area is 197 Å². The molecule has 6 nitrogen and oxygen atoms in total. The van der Waals surface area contributed by atoms with E-state index in [-0.39, 0.29) is 11.4 Å². The Morgan fingerprint density at radius 2 is 2.03 bits per heavy atom. The summed E-state index contributed by atoms with van der Waals surface area (Å²) in [6.45, 7) is 4.56. The fourth-order valence-electron chi connectivity index (χ4n) is 3.62. The van der Waals surface area contributed by atoms with Gasteiger partial charge in [-0.15, -0.1) is 6.58 Å². The van der Waals surface area contributed by atoms with Crippen molar-refractivity contribution in [2.75, 3.05) is 6.54 Å². The second kappa shape index (κ2) is 8.99. The molecule has 0 bridgehead atoms. The van der Waals surface area contributed by atoms with Gasteiger partial charge < -0.3 is 4.57 Å². The van der Waals surface area contributed by atoms with Crippen LogP contribution in [-0.4, -0.2) is 35.8 Å². The number of carbonyl (C=O) groups is 1. The molecule has 162 valence electrons. The lowest BCUT2D eigenvalue weighted by atomic mass is 10.2. The van der Waals surface area contributed by atoms with Gasteiger partial charge in [0.2, 0.25) is 10.0 Å².